The smallest absolute Gasteiger partial charge is 0.289 e. The Hall–Kier alpha value is -1.40. The minimum atomic E-state index is -0.232. The van der Waals surface area contributed by atoms with Crippen LogP contribution in [0.3, 0.4) is 0 Å². The van der Waals surface area contributed by atoms with E-state index < -0.39 is 0 Å². The number of amides is 1. The molecule has 1 fully saturated rings. The predicted molar refractivity (Wildman–Crippen MR) is 67.9 cm³/mol. The highest BCUT2D eigenvalue weighted by molar-refractivity contribution is 5.91. The van der Waals surface area contributed by atoms with Crippen molar-refractivity contribution in [1.29, 1.82) is 0 Å². The maximum Gasteiger partial charge on any atom is 0.289 e. The summed E-state index contributed by atoms with van der Waals surface area (Å²) in [5.74, 6) is 0.554. The van der Waals surface area contributed by atoms with E-state index >= 15 is 0 Å². The van der Waals surface area contributed by atoms with Crippen molar-refractivity contribution in [2.45, 2.75) is 19.8 Å². The fourth-order valence-corrected chi connectivity index (χ4v) is 1.90. The highest BCUT2D eigenvalue weighted by Gasteiger charge is 2.15. The van der Waals surface area contributed by atoms with Crippen LogP contribution in [0.5, 0.6) is 0 Å². The first-order valence-corrected chi connectivity index (χ1v) is 6.62. The van der Waals surface area contributed by atoms with E-state index in [0.29, 0.717) is 24.8 Å². The summed E-state index contributed by atoms with van der Waals surface area (Å²) in [5.41, 5.74) is 0.701. The first-order chi connectivity index (χ1) is 9.25. The monoisotopic (exact) mass is 268 g/mol. The molecule has 6 nitrogen and oxygen atoms in total. The van der Waals surface area contributed by atoms with Crippen molar-refractivity contribution in [2.75, 3.05) is 33.0 Å². The fraction of sp³-hybridized carbons (Fsp3) is 0.692. The summed E-state index contributed by atoms with van der Waals surface area (Å²) >= 11 is 0. The van der Waals surface area contributed by atoms with Crippen LogP contribution in [0.1, 0.15) is 29.1 Å². The molecular formula is C13H20N2O4. The van der Waals surface area contributed by atoms with Gasteiger partial charge in [-0.2, -0.15) is 0 Å². The van der Waals surface area contributed by atoms with Gasteiger partial charge in [-0.25, -0.2) is 0 Å². The van der Waals surface area contributed by atoms with Crippen LogP contribution in [0.4, 0.5) is 0 Å². The van der Waals surface area contributed by atoms with Gasteiger partial charge < -0.3 is 19.3 Å². The predicted octanol–water partition coefficient (Wildman–Crippen LogP) is 1.16. The molecule has 0 bridgehead atoms. The van der Waals surface area contributed by atoms with Gasteiger partial charge in [0.05, 0.1) is 18.9 Å². The highest BCUT2D eigenvalue weighted by Crippen LogP contribution is 2.12. The van der Waals surface area contributed by atoms with Crippen LogP contribution >= 0.6 is 0 Å². The van der Waals surface area contributed by atoms with E-state index in [9.17, 15) is 4.79 Å². The fourth-order valence-electron chi connectivity index (χ4n) is 1.90. The third-order valence-corrected chi connectivity index (χ3v) is 2.98. The zero-order valence-electron chi connectivity index (χ0n) is 11.2. The minimum Gasteiger partial charge on any atom is -0.381 e. The first-order valence-electron chi connectivity index (χ1n) is 6.62. The van der Waals surface area contributed by atoms with E-state index in [-0.39, 0.29) is 11.7 Å². The van der Waals surface area contributed by atoms with Gasteiger partial charge in [-0.05, 0) is 19.8 Å². The van der Waals surface area contributed by atoms with Crippen LogP contribution in [0, 0.1) is 12.8 Å². The number of aromatic nitrogens is 1. The number of ether oxygens (including phenoxy) is 2. The molecule has 0 radical (unpaired) electrons. The molecule has 0 aromatic carbocycles. The van der Waals surface area contributed by atoms with Crippen LogP contribution in [0.25, 0.3) is 0 Å². The summed E-state index contributed by atoms with van der Waals surface area (Å²) in [6, 6.07) is 1.62. The molecule has 1 aliphatic heterocycles. The lowest BCUT2D eigenvalue weighted by Gasteiger charge is -2.08. The van der Waals surface area contributed by atoms with Gasteiger partial charge in [0.25, 0.3) is 5.91 Å². The Morgan fingerprint density at radius 3 is 3.21 bits per heavy atom. The van der Waals surface area contributed by atoms with Gasteiger partial charge in [-0.1, -0.05) is 5.16 Å². The lowest BCUT2D eigenvalue weighted by Crippen LogP contribution is -2.25. The van der Waals surface area contributed by atoms with Crippen LogP contribution in [0.2, 0.25) is 0 Å². The van der Waals surface area contributed by atoms with Gasteiger partial charge >= 0.3 is 0 Å². The van der Waals surface area contributed by atoms with Gasteiger partial charge in [0.1, 0.15) is 0 Å². The summed E-state index contributed by atoms with van der Waals surface area (Å²) in [7, 11) is 0. The Labute approximate surface area is 112 Å². The Morgan fingerprint density at radius 2 is 2.53 bits per heavy atom. The molecule has 1 saturated heterocycles. The van der Waals surface area contributed by atoms with Crippen molar-refractivity contribution < 1.29 is 18.8 Å². The molecule has 1 aromatic heterocycles. The summed E-state index contributed by atoms with van der Waals surface area (Å²) < 4.78 is 15.7. The van der Waals surface area contributed by atoms with Crippen LogP contribution in [0.15, 0.2) is 10.6 Å². The molecule has 0 aliphatic carbocycles. The second kappa shape index (κ2) is 7.25. The van der Waals surface area contributed by atoms with Crippen molar-refractivity contribution in [3.05, 3.63) is 17.5 Å². The van der Waals surface area contributed by atoms with E-state index in [1.54, 1.807) is 13.0 Å². The van der Waals surface area contributed by atoms with Crippen molar-refractivity contribution in [2.24, 2.45) is 5.92 Å². The van der Waals surface area contributed by atoms with Gasteiger partial charge in [-0.15, -0.1) is 0 Å². The largest absolute Gasteiger partial charge is 0.381 e. The SMILES string of the molecule is Cc1cc(C(=O)NCCCOCC2CCOC2)on1. The number of hydrogen-bond acceptors (Lipinski definition) is 5. The Kier molecular flexibility index (Phi) is 5.35. The molecule has 6 heteroatoms. The lowest BCUT2D eigenvalue weighted by molar-refractivity contribution is 0.0840. The van der Waals surface area contributed by atoms with Crippen LogP contribution in [-0.4, -0.2) is 44.0 Å². The molecular weight excluding hydrogens is 248 g/mol. The zero-order chi connectivity index (χ0) is 13.5. The number of aryl methyl sites for hydroxylation is 1. The topological polar surface area (TPSA) is 73.6 Å². The standard InChI is InChI=1S/C13H20N2O4/c1-10-7-12(19-15-10)13(16)14-4-2-5-17-8-11-3-6-18-9-11/h7,11H,2-6,8-9H2,1H3,(H,14,16). The Morgan fingerprint density at radius 1 is 1.63 bits per heavy atom. The van der Waals surface area contributed by atoms with E-state index in [2.05, 4.69) is 10.5 Å². The maximum atomic E-state index is 11.6. The van der Waals surface area contributed by atoms with Crippen molar-refractivity contribution in [3.8, 4) is 0 Å². The average molecular weight is 268 g/mol. The molecule has 0 saturated carbocycles. The average Bonchev–Trinajstić information content (AvgIpc) is 3.04. The van der Waals surface area contributed by atoms with Crippen molar-refractivity contribution in [3.63, 3.8) is 0 Å². The van der Waals surface area contributed by atoms with Crippen LogP contribution in [-0.2, 0) is 9.47 Å². The molecule has 1 aliphatic rings. The van der Waals surface area contributed by atoms with E-state index in [1.807, 2.05) is 0 Å². The van der Waals surface area contributed by atoms with Gasteiger partial charge in [-0.3, -0.25) is 4.79 Å². The summed E-state index contributed by atoms with van der Waals surface area (Å²) in [6.07, 6.45) is 1.87. The number of nitrogens with one attached hydrogen (secondary N) is 1. The van der Waals surface area contributed by atoms with E-state index in [4.69, 9.17) is 14.0 Å². The lowest BCUT2D eigenvalue weighted by atomic mass is 10.1. The van der Waals surface area contributed by atoms with E-state index in [0.717, 1.165) is 32.7 Å². The number of hydrogen-bond donors (Lipinski definition) is 1. The second-order valence-electron chi connectivity index (χ2n) is 4.75. The molecule has 0 spiro atoms. The normalized spacial score (nSPS) is 18.7. The van der Waals surface area contributed by atoms with E-state index in [1.165, 1.54) is 0 Å². The number of rotatable bonds is 7. The minimum absolute atomic E-state index is 0.232. The first kappa shape index (κ1) is 14.0. The quantitative estimate of drug-likeness (QED) is 0.751. The molecule has 2 rings (SSSR count). The van der Waals surface area contributed by atoms with Gasteiger partial charge in [0, 0.05) is 31.7 Å². The molecule has 1 atom stereocenters. The van der Waals surface area contributed by atoms with Crippen LogP contribution < -0.4 is 5.32 Å². The van der Waals surface area contributed by atoms with Gasteiger partial charge in [0.15, 0.2) is 0 Å². The maximum absolute atomic E-state index is 11.6. The number of carbonyl (C=O) groups is 1. The molecule has 1 amide bonds. The molecule has 1 unspecified atom stereocenters. The number of nitrogens with zero attached hydrogens (tertiary/aromatic N) is 1. The summed E-state index contributed by atoms with van der Waals surface area (Å²) in [6.45, 7) is 5.39. The molecule has 1 aromatic rings. The second-order valence-corrected chi connectivity index (χ2v) is 4.75. The van der Waals surface area contributed by atoms with Crippen molar-refractivity contribution in [1.82, 2.24) is 10.5 Å². The zero-order valence-corrected chi connectivity index (χ0v) is 11.2. The van der Waals surface area contributed by atoms with Gasteiger partial charge in [0.2, 0.25) is 5.76 Å². The van der Waals surface area contributed by atoms with Crippen molar-refractivity contribution >= 4 is 5.91 Å². The number of carbonyl (C=O) groups excluding carboxylic acids is 1. The Balaban J connectivity index is 1.50. The third kappa shape index (κ3) is 4.65. The highest BCUT2D eigenvalue weighted by atomic mass is 16.5. The summed E-state index contributed by atoms with van der Waals surface area (Å²) in [5, 5.41) is 6.43. The molecule has 106 valence electrons. The summed E-state index contributed by atoms with van der Waals surface area (Å²) in [4.78, 5) is 11.6. The Bertz CT molecular complexity index is 399. The molecule has 1 N–H and O–H groups in total. The third-order valence-electron chi connectivity index (χ3n) is 2.98. The molecule has 19 heavy (non-hydrogen) atoms. The molecule has 2 heterocycles.